The monoisotopic (exact) mass is 289 g/mol. The van der Waals surface area contributed by atoms with Crippen LogP contribution in [0, 0.1) is 0 Å². The summed E-state index contributed by atoms with van der Waals surface area (Å²) in [6, 6.07) is 5.52. The summed E-state index contributed by atoms with van der Waals surface area (Å²) in [5, 5.41) is 0.652. The highest BCUT2D eigenvalue weighted by Gasteiger charge is 2.10. The average Bonchev–Trinajstić information content (AvgIpc) is 2.72. The number of thiazole rings is 1. The molecule has 92 valence electrons. The van der Waals surface area contributed by atoms with Crippen molar-refractivity contribution in [3.8, 4) is 0 Å². The number of methoxy groups -OCH3 is 1. The van der Waals surface area contributed by atoms with Crippen LogP contribution in [-0.2, 0) is 15.5 Å². The number of ether oxygens (including phenoxy) is 1. The maximum atomic E-state index is 11.9. The summed E-state index contributed by atoms with van der Waals surface area (Å²) in [5.74, 6) is 0.585. The molecule has 0 bridgehead atoms. The Bertz CT molecular complexity index is 541. The highest BCUT2D eigenvalue weighted by atomic mass is 35.5. The van der Waals surface area contributed by atoms with Gasteiger partial charge in [-0.1, -0.05) is 11.6 Å². The Kier molecular flexibility index (Phi) is 4.50. The van der Waals surface area contributed by atoms with Gasteiger partial charge in [-0.15, -0.1) is 11.3 Å². The Labute approximate surface area is 111 Å². The molecule has 1 aromatic heterocycles. The van der Waals surface area contributed by atoms with E-state index >= 15 is 0 Å². The summed E-state index contributed by atoms with van der Waals surface area (Å²) >= 11 is 7.34. The first-order valence-electron chi connectivity index (χ1n) is 5.14. The fourth-order valence-electron chi connectivity index (χ4n) is 1.40. The predicted molar refractivity (Wildman–Crippen MR) is 72.4 cm³/mol. The van der Waals surface area contributed by atoms with Crippen molar-refractivity contribution in [1.82, 2.24) is 4.98 Å². The van der Waals surface area contributed by atoms with Gasteiger partial charge < -0.3 is 4.74 Å². The maximum absolute atomic E-state index is 11.9. The van der Waals surface area contributed by atoms with Crippen LogP contribution < -0.4 is 0 Å². The van der Waals surface area contributed by atoms with Crippen LogP contribution in [0.4, 0.5) is 0 Å². The van der Waals surface area contributed by atoms with E-state index in [-0.39, 0.29) is 0 Å². The number of halogens is 1. The zero-order chi connectivity index (χ0) is 12.3. The number of hydrogen-bond acceptors (Lipinski definition) is 4. The van der Waals surface area contributed by atoms with Crippen LogP contribution in [0.5, 0.6) is 0 Å². The third-order valence-corrected chi connectivity index (χ3v) is 5.22. The first-order valence-corrected chi connectivity index (χ1v) is 7.65. The van der Waals surface area contributed by atoms with Crippen molar-refractivity contribution in [3.63, 3.8) is 0 Å². The van der Waals surface area contributed by atoms with Crippen LogP contribution in [0.15, 0.2) is 22.5 Å². The minimum atomic E-state index is -1.04. The number of hydrogen-bond donors (Lipinski definition) is 0. The Morgan fingerprint density at radius 1 is 1.53 bits per heavy atom. The largest absolute Gasteiger partial charge is 0.385 e. The molecule has 1 heterocycles. The van der Waals surface area contributed by atoms with Gasteiger partial charge in [0.25, 0.3) is 0 Å². The van der Waals surface area contributed by atoms with Crippen LogP contribution in [0.1, 0.15) is 6.42 Å². The Morgan fingerprint density at radius 3 is 3.12 bits per heavy atom. The lowest BCUT2D eigenvalue weighted by molar-refractivity contribution is 0.200. The normalized spacial score (nSPS) is 13.1. The van der Waals surface area contributed by atoms with Crippen LogP contribution in [0.25, 0.3) is 10.2 Å². The van der Waals surface area contributed by atoms with Crippen molar-refractivity contribution in [2.45, 2.75) is 10.8 Å². The molecule has 0 saturated carbocycles. The molecule has 0 N–H and O–H groups in total. The molecule has 0 spiro atoms. The Morgan fingerprint density at radius 2 is 2.35 bits per heavy atom. The molecule has 0 saturated heterocycles. The molecular weight excluding hydrogens is 278 g/mol. The third-order valence-electron chi connectivity index (χ3n) is 2.20. The van der Waals surface area contributed by atoms with Gasteiger partial charge in [-0.2, -0.15) is 0 Å². The zero-order valence-corrected chi connectivity index (χ0v) is 11.7. The number of aromatic nitrogens is 1. The van der Waals surface area contributed by atoms with Gasteiger partial charge in [-0.3, -0.25) is 4.21 Å². The van der Waals surface area contributed by atoms with Gasteiger partial charge in [0.05, 0.1) is 21.0 Å². The molecule has 6 heteroatoms. The average molecular weight is 290 g/mol. The van der Waals surface area contributed by atoms with Crippen molar-refractivity contribution >= 4 is 44.0 Å². The summed E-state index contributed by atoms with van der Waals surface area (Å²) in [6.45, 7) is 0.627. The molecule has 0 radical (unpaired) electrons. The van der Waals surface area contributed by atoms with Crippen LogP contribution in [0.2, 0.25) is 5.02 Å². The van der Waals surface area contributed by atoms with Gasteiger partial charge in [-0.05, 0) is 24.6 Å². The fourth-order valence-corrected chi connectivity index (χ4v) is 3.89. The SMILES string of the molecule is COCCCS(=O)c1nc2cc(Cl)ccc2s1. The van der Waals surface area contributed by atoms with Crippen molar-refractivity contribution in [1.29, 1.82) is 0 Å². The van der Waals surface area contributed by atoms with Crippen LogP contribution >= 0.6 is 22.9 Å². The maximum Gasteiger partial charge on any atom is 0.181 e. The van der Waals surface area contributed by atoms with Crippen molar-refractivity contribution in [2.24, 2.45) is 0 Å². The zero-order valence-electron chi connectivity index (χ0n) is 9.31. The molecule has 3 nitrogen and oxygen atoms in total. The topological polar surface area (TPSA) is 39.2 Å². The molecule has 0 aliphatic rings. The highest BCUT2D eigenvalue weighted by molar-refractivity contribution is 7.87. The quantitative estimate of drug-likeness (QED) is 0.794. The van der Waals surface area contributed by atoms with E-state index in [4.69, 9.17) is 16.3 Å². The lowest BCUT2D eigenvalue weighted by Gasteiger charge is -1.97. The molecule has 1 atom stereocenters. The molecule has 0 fully saturated rings. The van der Waals surface area contributed by atoms with E-state index in [1.807, 2.05) is 12.1 Å². The molecule has 2 rings (SSSR count). The van der Waals surface area contributed by atoms with E-state index in [0.717, 1.165) is 16.6 Å². The number of benzene rings is 1. The molecule has 1 aromatic carbocycles. The summed E-state index contributed by atoms with van der Waals surface area (Å²) in [6.07, 6.45) is 0.778. The van der Waals surface area contributed by atoms with E-state index in [1.165, 1.54) is 11.3 Å². The number of nitrogens with zero attached hydrogens (tertiary/aromatic N) is 1. The highest BCUT2D eigenvalue weighted by Crippen LogP contribution is 2.26. The lowest BCUT2D eigenvalue weighted by Crippen LogP contribution is -2.01. The molecule has 0 aliphatic carbocycles. The summed E-state index contributed by atoms with van der Waals surface area (Å²) in [5.41, 5.74) is 0.817. The smallest absolute Gasteiger partial charge is 0.181 e. The molecule has 0 amide bonds. The van der Waals surface area contributed by atoms with Crippen molar-refractivity contribution in [2.75, 3.05) is 19.5 Å². The fraction of sp³-hybridized carbons (Fsp3) is 0.364. The summed E-state index contributed by atoms with van der Waals surface area (Å²) in [7, 11) is 0.602. The van der Waals surface area contributed by atoms with Crippen molar-refractivity contribution in [3.05, 3.63) is 23.2 Å². The molecule has 1 unspecified atom stereocenters. The standard InChI is InChI=1S/C11H12ClNO2S2/c1-15-5-2-6-17(14)11-13-9-7-8(12)3-4-10(9)16-11/h3-4,7H,2,5-6H2,1H3. The third kappa shape index (κ3) is 3.25. The van der Waals surface area contributed by atoms with E-state index in [9.17, 15) is 4.21 Å². The molecule has 0 aliphatic heterocycles. The summed E-state index contributed by atoms with van der Waals surface area (Å²) < 4.78 is 18.6. The Hall–Kier alpha value is -0.490. The van der Waals surface area contributed by atoms with Gasteiger partial charge in [0, 0.05) is 24.5 Å². The first-order chi connectivity index (χ1) is 8.20. The minimum Gasteiger partial charge on any atom is -0.385 e. The second-order valence-electron chi connectivity index (χ2n) is 3.49. The van der Waals surface area contributed by atoms with Gasteiger partial charge in [0.1, 0.15) is 0 Å². The molecular formula is C11H12ClNO2S2. The molecule has 2 aromatic rings. The van der Waals surface area contributed by atoms with E-state index in [1.54, 1.807) is 13.2 Å². The second-order valence-corrected chi connectivity index (χ2v) is 6.70. The lowest BCUT2D eigenvalue weighted by atomic mass is 10.3. The second kappa shape index (κ2) is 5.91. The van der Waals surface area contributed by atoms with Crippen LogP contribution in [0.3, 0.4) is 0 Å². The van der Waals surface area contributed by atoms with Gasteiger partial charge >= 0.3 is 0 Å². The van der Waals surface area contributed by atoms with Gasteiger partial charge in [-0.25, -0.2) is 4.98 Å². The predicted octanol–water partition coefficient (Wildman–Crippen LogP) is 3.09. The van der Waals surface area contributed by atoms with Gasteiger partial charge in [0.2, 0.25) is 0 Å². The van der Waals surface area contributed by atoms with E-state index in [0.29, 0.717) is 21.7 Å². The van der Waals surface area contributed by atoms with Crippen molar-refractivity contribution < 1.29 is 8.95 Å². The first kappa shape index (κ1) is 13.0. The van der Waals surface area contributed by atoms with E-state index in [2.05, 4.69) is 4.98 Å². The minimum absolute atomic E-state index is 0.585. The van der Waals surface area contributed by atoms with Crippen LogP contribution in [-0.4, -0.2) is 28.7 Å². The molecule has 17 heavy (non-hydrogen) atoms. The Balaban J connectivity index is 2.15. The van der Waals surface area contributed by atoms with Gasteiger partial charge in [0.15, 0.2) is 4.34 Å². The summed E-state index contributed by atoms with van der Waals surface area (Å²) in [4.78, 5) is 4.35. The number of rotatable bonds is 5. The van der Waals surface area contributed by atoms with E-state index < -0.39 is 10.8 Å². The number of fused-ring (bicyclic) bond motifs is 1.